The molecule has 1 amide bonds. The highest BCUT2D eigenvalue weighted by Crippen LogP contribution is 2.22. The molecule has 4 nitrogen and oxygen atoms in total. The lowest BCUT2D eigenvalue weighted by Crippen LogP contribution is -2.19. The number of carbonyl (C=O) groups excluding carboxylic acids is 1. The molecule has 1 aliphatic rings. The van der Waals surface area contributed by atoms with Crippen molar-refractivity contribution in [1.82, 2.24) is 5.32 Å². The number of amides is 1. The van der Waals surface area contributed by atoms with E-state index in [1.165, 1.54) is 17.8 Å². The van der Waals surface area contributed by atoms with Gasteiger partial charge in [0.25, 0.3) is 0 Å². The number of benzene rings is 2. The van der Waals surface area contributed by atoms with Crippen LogP contribution in [0.15, 0.2) is 52.7 Å². The maximum Gasteiger partial charge on any atom is 0.236 e. The molecule has 0 aliphatic carbocycles. The second-order valence-corrected chi connectivity index (χ2v) is 6.04. The Labute approximate surface area is 137 Å². The van der Waals surface area contributed by atoms with Crippen LogP contribution in [0, 0.1) is 12.7 Å². The van der Waals surface area contributed by atoms with E-state index in [4.69, 9.17) is 0 Å². The molecule has 0 radical (unpaired) electrons. The third-order valence-electron chi connectivity index (χ3n) is 3.32. The molecule has 0 saturated carbocycles. The molecular formula is C17H14FN3OS. The molecule has 1 saturated heterocycles. The number of nitrogens with one attached hydrogen (secondary N) is 1. The normalized spacial score (nSPS) is 16.3. The predicted molar refractivity (Wildman–Crippen MR) is 92.2 cm³/mol. The summed E-state index contributed by atoms with van der Waals surface area (Å²) in [6.45, 7) is 1.74. The van der Waals surface area contributed by atoms with E-state index in [0.717, 1.165) is 16.7 Å². The first kappa shape index (κ1) is 15.4. The zero-order valence-electron chi connectivity index (χ0n) is 12.4. The van der Waals surface area contributed by atoms with E-state index in [9.17, 15) is 9.18 Å². The molecule has 0 unspecified atom stereocenters. The summed E-state index contributed by atoms with van der Waals surface area (Å²) in [7, 11) is 0. The molecule has 1 heterocycles. The fourth-order valence-corrected chi connectivity index (χ4v) is 2.78. The van der Waals surface area contributed by atoms with E-state index in [2.05, 4.69) is 15.5 Å². The van der Waals surface area contributed by atoms with Gasteiger partial charge in [-0.1, -0.05) is 36.0 Å². The maximum absolute atomic E-state index is 13.4. The number of hydrogen-bond donors (Lipinski definition) is 1. The smallest absolute Gasteiger partial charge is 0.236 e. The van der Waals surface area contributed by atoms with Gasteiger partial charge in [0.1, 0.15) is 5.82 Å². The average Bonchev–Trinajstić information content (AvgIpc) is 2.96. The third kappa shape index (κ3) is 3.84. The molecule has 116 valence electrons. The molecule has 23 heavy (non-hydrogen) atoms. The van der Waals surface area contributed by atoms with E-state index >= 15 is 0 Å². The summed E-state index contributed by atoms with van der Waals surface area (Å²) in [6, 6.07) is 12.8. The SMILES string of the molecule is Cc1cc(-c2cccc(C=NN=C3NC(=O)CS3)c2)ccc1F. The van der Waals surface area contributed by atoms with E-state index in [0.29, 0.717) is 16.5 Å². The molecule has 1 N–H and O–H groups in total. The van der Waals surface area contributed by atoms with Gasteiger partial charge in [0.05, 0.1) is 12.0 Å². The number of hydrogen-bond acceptors (Lipinski definition) is 4. The Morgan fingerprint density at radius 2 is 2.04 bits per heavy atom. The fraction of sp³-hybridized carbons (Fsp3) is 0.118. The summed E-state index contributed by atoms with van der Waals surface area (Å²) >= 11 is 1.33. The van der Waals surface area contributed by atoms with Crippen molar-refractivity contribution in [2.45, 2.75) is 6.92 Å². The largest absolute Gasteiger partial charge is 0.303 e. The van der Waals surface area contributed by atoms with Crippen LogP contribution in [0.4, 0.5) is 4.39 Å². The Morgan fingerprint density at radius 1 is 1.22 bits per heavy atom. The summed E-state index contributed by atoms with van der Waals surface area (Å²) in [5.74, 6) is 0.115. The van der Waals surface area contributed by atoms with Crippen LogP contribution < -0.4 is 5.32 Å². The Hall–Kier alpha value is -2.47. The molecule has 6 heteroatoms. The lowest BCUT2D eigenvalue weighted by molar-refractivity contribution is -0.116. The van der Waals surface area contributed by atoms with E-state index in [1.807, 2.05) is 30.3 Å². The molecular weight excluding hydrogens is 313 g/mol. The highest BCUT2D eigenvalue weighted by Gasteiger charge is 2.15. The maximum atomic E-state index is 13.4. The summed E-state index contributed by atoms with van der Waals surface area (Å²) in [5.41, 5.74) is 3.42. The van der Waals surface area contributed by atoms with Gasteiger partial charge in [-0.2, -0.15) is 5.10 Å². The van der Waals surface area contributed by atoms with Gasteiger partial charge >= 0.3 is 0 Å². The number of amidine groups is 1. The van der Waals surface area contributed by atoms with Crippen molar-refractivity contribution in [3.8, 4) is 11.1 Å². The number of halogens is 1. The number of rotatable bonds is 3. The molecule has 2 aromatic carbocycles. The van der Waals surface area contributed by atoms with Gasteiger partial charge in [-0.25, -0.2) is 4.39 Å². The number of thioether (sulfide) groups is 1. The van der Waals surface area contributed by atoms with E-state index in [1.54, 1.807) is 19.2 Å². The van der Waals surface area contributed by atoms with Gasteiger partial charge in [-0.15, -0.1) is 5.10 Å². The summed E-state index contributed by atoms with van der Waals surface area (Å²) in [4.78, 5) is 11.0. The first-order chi connectivity index (χ1) is 11.1. The molecule has 0 aromatic heterocycles. The zero-order chi connectivity index (χ0) is 16.2. The molecule has 0 spiro atoms. The van der Waals surface area contributed by atoms with Crippen molar-refractivity contribution in [2.75, 3.05) is 5.75 Å². The van der Waals surface area contributed by atoms with E-state index < -0.39 is 0 Å². The quantitative estimate of drug-likeness (QED) is 0.694. The van der Waals surface area contributed by atoms with Crippen LogP contribution in [-0.2, 0) is 4.79 Å². The van der Waals surface area contributed by atoms with Gasteiger partial charge in [-0.3, -0.25) is 4.79 Å². The molecule has 0 atom stereocenters. The van der Waals surface area contributed by atoms with Crippen LogP contribution in [0.1, 0.15) is 11.1 Å². The van der Waals surface area contributed by atoms with Crippen molar-refractivity contribution < 1.29 is 9.18 Å². The second-order valence-electron chi connectivity index (χ2n) is 5.08. The Bertz CT molecular complexity index is 817. The first-order valence-electron chi connectivity index (χ1n) is 7.02. The molecule has 0 bridgehead atoms. The van der Waals surface area contributed by atoms with Crippen molar-refractivity contribution in [2.24, 2.45) is 10.2 Å². The van der Waals surface area contributed by atoms with Crippen LogP contribution in [0.5, 0.6) is 0 Å². The van der Waals surface area contributed by atoms with Crippen LogP contribution in [0.3, 0.4) is 0 Å². The van der Waals surface area contributed by atoms with Crippen LogP contribution in [-0.4, -0.2) is 23.0 Å². The molecule has 3 rings (SSSR count). The van der Waals surface area contributed by atoms with Gasteiger partial charge in [0.2, 0.25) is 5.91 Å². The number of nitrogens with zero attached hydrogens (tertiary/aromatic N) is 2. The monoisotopic (exact) mass is 327 g/mol. The van der Waals surface area contributed by atoms with Crippen molar-refractivity contribution in [3.05, 3.63) is 59.4 Å². The fourth-order valence-electron chi connectivity index (χ4n) is 2.15. The van der Waals surface area contributed by atoms with Crippen LogP contribution in [0.2, 0.25) is 0 Å². The molecule has 2 aromatic rings. The lowest BCUT2D eigenvalue weighted by atomic mass is 10.0. The summed E-state index contributed by atoms with van der Waals surface area (Å²) in [5, 5.41) is 11.1. The van der Waals surface area contributed by atoms with Gasteiger partial charge in [-0.05, 0) is 47.4 Å². The summed E-state index contributed by atoms with van der Waals surface area (Å²) < 4.78 is 13.4. The van der Waals surface area contributed by atoms with Gasteiger partial charge in [0, 0.05) is 0 Å². The second kappa shape index (κ2) is 6.75. The van der Waals surface area contributed by atoms with Crippen LogP contribution in [0.25, 0.3) is 11.1 Å². The minimum atomic E-state index is -0.210. The van der Waals surface area contributed by atoms with Crippen molar-refractivity contribution in [3.63, 3.8) is 0 Å². The van der Waals surface area contributed by atoms with Gasteiger partial charge < -0.3 is 5.32 Å². The van der Waals surface area contributed by atoms with Gasteiger partial charge in [0.15, 0.2) is 5.17 Å². The van der Waals surface area contributed by atoms with Crippen molar-refractivity contribution in [1.29, 1.82) is 0 Å². The Kier molecular flexibility index (Phi) is 4.52. The lowest BCUT2D eigenvalue weighted by Gasteiger charge is -2.04. The standard InChI is InChI=1S/C17H14FN3OS/c1-11-7-14(5-6-15(11)18)13-4-2-3-12(8-13)9-19-21-17-20-16(22)10-23-17/h2-9H,10H2,1H3,(H,20,21,22). The molecule has 1 aliphatic heterocycles. The highest BCUT2D eigenvalue weighted by molar-refractivity contribution is 8.15. The zero-order valence-corrected chi connectivity index (χ0v) is 13.2. The number of carbonyl (C=O) groups is 1. The van der Waals surface area contributed by atoms with E-state index in [-0.39, 0.29) is 11.7 Å². The topological polar surface area (TPSA) is 53.8 Å². The number of aryl methyl sites for hydroxylation is 1. The average molecular weight is 327 g/mol. The first-order valence-corrected chi connectivity index (χ1v) is 8.00. The Balaban J connectivity index is 1.79. The summed E-state index contributed by atoms with van der Waals surface area (Å²) in [6.07, 6.45) is 1.62. The Morgan fingerprint density at radius 3 is 2.78 bits per heavy atom. The minimum absolute atomic E-state index is 0.0578. The van der Waals surface area contributed by atoms with Crippen LogP contribution >= 0.6 is 11.8 Å². The third-order valence-corrected chi connectivity index (χ3v) is 4.18. The van der Waals surface area contributed by atoms with Crippen molar-refractivity contribution >= 4 is 29.1 Å². The highest BCUT2D eigenvalue weighted by atomic mass is 32.2. The predicted octanol–water partition coefficient (Wildman–Crippen LogP) is 3.35. The molecule has 1 fully saturated rings. The minimum Gasteiger partial charge on any atom is -0.303 e.